The fourth-order valence-electron chi connectivity index (χ4n) is 2.11. The zero-order chi connectivity index (χ0) is 13.0. The van der Waals surface area contributed by atoms with Gasteiger partial charge in [0.15, 0.2) is 0 Å². The summed E-state index contributed by atoms with van der Waals surface area (Å²) >= 11 is 0. The van der Waals surface area contributed by atoms with Gasteiger partial charge >= 0.3 is 5.69 Å². The molecule has 1 aliphatic rings. The Morgan fingerprint density at radius 2 is 2.17 bits per heavy atom. The predicted octanol–water partition coefficient (Wildman–Crippen LogP) is 2.15. The standard InChI is InChI=1S/C12H16FN3O2/c13-11-2-1-10(7-12(11)16(17)18)15-8-9-3-5-14-6-4-9/h1-2,7,9,14-15H,3-6,8H2. The fraction of sp³-hybridized carbons (Fsp3) is 0.500. The molecule has 1 aromatic carbocycles. The lowest BCUT2D eigenvalue weighted by atomic mass is 9.98. The van der Waals surface area contributed by atoms with Gasteiger partial charge < -0.3 is 10.6 Å². The lowest BCUT2D eigenvalue weighted by molar-refractivity contribution is -0.387. The largest absolute Gasteiger partial charge is 0.385 e. The number of nitro groups is 1. The SMILES string of the molecule is O=[N+]([O-])c1cc(NCC2CCNCC2)ccc1F. The third-order valence-electron chi connectivity index (χ3n) is 3.20. The van der Waals surface area contributed by atoms with Crippen LogP contribution < -0.4 is 10.6 Å². The number of anilines is 1. The van der Waals surface area contributed by atoms with Crippen molar-refractivity contribution in [2.45, 2.75) is 12.8 Å². The summed E-state index contributed by atoms with van der Waals surface area (Å²) in [5, 5.41) is 17.0. The minimum absolute atomic E-state index is 0.481. The van der Waals surface area contributed by atoms with E-state index < -0.39 is 16.4 Å². The number of halogens is 1. The maximum atomic E-state index is 13.1. The first-order valence-corrected chi connectivity index (χ1v) is 6.05. The third kappa shape index (κ3) is 3.16. The Morgan fingerprint density at radius 3 is 2.83 bits per heavy atom. The van der Waals surface area contributed by atoms with Gasteiger partial charge in [0.1, 0.15) is 0 Å². The number of rotatable bonds is 4. The number of nitrogens with one attached hydrogen (secondary N) is 2. The van der Waals surface area contributed by atoms with Crippen molar-refractivity contribution >= 4 is 11.4 Å². The van der Waals surface area contributed by atoms with Crippen LogP contribution in [0.5, 0.6) is 0 Å². The number of nitrogens with zero attached hydrogens (tertiary/aromatic N) is 1. The minimum atomic E-state index is -0.799. The van der Waals surface area contributed by atoms with Crippen molar-refractivity contribution in [2.75, 3.05) is 25.0 Å². The lowest BCUT2D eigenvalue weighted by Crippen LogP contribution is -2.31. The van der Waals surface area contributed by atoms with Crippen LogP contribution in [0, 0.1) is 21.8 Å². The first-order chi connectivity index (χ1) is 8.66. The summed E-state index contributed by atoms with van der Waals surface area (Å²) in [6, 6.07) is 3.91. The molecule has 98 valence electrons. The van der Waals surface area contributed by atoms with Crippen molar-refractivity contribution in [1.82, 2.24) is 5.32 Å². The Labute approximate surface area is 105 Å². The van der Waals surface area contributed by atoms with E-state index in [1.54, 1.807) is 0 Å². The Bertz CT molecular complexity index is 433. The molecule has 18 heavy (non-hydrogen) atoms. The minimum Gasteiger partial charge on any atom is -0.385 e. The number of benzene rings is 1. The van der Waals surface area contributed by atoms with E-state index in [9.17, 15) is 14.5 Å². The van der Waals surface area contributed by atoms with Gasteiger partial charge in [0.25, 0.3) is 0 Å². The summed E-state index contributed by atoms with van der Waals surface area (Å²) in [6.45, 7) is 2.79. The highest BCUT2D eigenvalue weighted by atomic mass is 19.1. The molecule has 1 aromatic rings. The fourth-order valence-corrected chi connectivity index (χ4v) is 2.11. The maximum Gasteiger partial charge on any atom is 0.306 e. The van der Waals surface area contributed by atoms with Gasteiger partial charge in [-0.05, 0) is 44.0 Å². The van der Waals surface area contributed by atoms with Gasteiger partial charge in [-0.3, -0.25) is 10.1 Å². The van der Waals surface area contributed by atoms with Crippen molar-refractivity contribution < 1.29 is 9.31 Å². The predicted molar refractivity (Wildman–Crippen MR) is 67.1 cm³/mol. The molecule has 1 heterocycles. The van der Waals surface area contributed by atoms with E-state index >= 15 is 0 Å². The first-order valence-electron chi connectivity index (χ1n) is 6.05. The monoisotopic (exact) mass is 253 g/mol. The van der Waals surface area contributed by atoms with Gasteiger partial charge in [-0.25, -0.2) is 0 Å². The second-order valence-electron chi connectivity index (χ2n) is 4.50. The maximum absolute atomic E-state index is 13.1. The highest BCUT2D eigenvalue weighted by Gasteiger charge is 2.16. The van der Waals surface area contributed by atoms with Gasteiger partial charge in [0.2, 0.25) is 5.82 Å². The summed E-state index contributed by atoms with van der Waals surface area (Å²) < 4.78 is 13.1. The van der Waals surface area contributed by atoms with Crippen LogP contribution in [0.2, 0.25) is 0 Å². The van der Waals surface area contributed by atoms with Crippen LogP contribution >= 0.6 is 0 Å². The molecule has 0 aromatic heterocycles. The first kappa shape index (κ1) is 12.8. The summed E-state index contributed by atoms with van der Waals surface area (Å²) in [5.74, 6) is -0.234. The smallest absolute Gasteiger partial charge is 0.306 e. The van der Waals surface area contributed by atoms with E-state index in [0.717, 1.165) is 38.5 Å². The summed E-state index contributed by atoms with van der Waals surface area (Å²) in [7, 11) is 0. The average Bonchev–Trinajstić information content (AvgIpc) is 2.38. The molecule has 2 N–H and O–H groups in total. The van der Waals surface area contributed by atoms with Crippen LogP contribution in [0.25, 0.3) is 0 Å². The van der Waals surface area contributed by atoms with Gasteiger partial charge in [-0.1, -0.05) is 0 Å². The van der Waals surface area contributed by atoms with Crippen LogP contribution in [-0.4, -0.2) is 24.6 Å². The molecule has 0 spiro atoms. The molecule has 1 aliphatic heterocycles. The Hall–Kier alpha value is -1.69. The van der Waals surface area contributed by atoms with Gasteiger partial charge in [0.05, 0.1) is 4.92 Å². The third-order valence-corrected chi connectivity index (χ3v) is 3.20. The van der Waals surface area contributed by atoms with Crippen LogP contribution in [0.15, 0.2) is 18.2 Å². The molecule has 2 rings (SSSR count). The van der Waals surface area contributed by atoms with E-state index in [0.29, 0.717) is 11.6 Å². The van der Waals surface area contributed by atoms with Crippen molar-refractivity contribution in [2.24, 2.45) is 5.92 Å². The lowest BCUT2D eigenvalue weighted by Gasteiger charge is -2.23. The van der Waals surface area contributed by atoms with Crippen LogP contribution in [0.3, 0.4) is 0 Å². The number of piperidine rings is 1. The highest BCUT2D eigenvalue weighted by Crippen LogP contribution is 2.22. The molecule has 0 atom stereocenters. The summed E-state index contributed by atoms with van der Waals surface area (Å²) in [5.41, 5.74) is 0.118. The molecule has 0 amide bonds. The van der Waals surface area contributed by atoms with E-state index in [-0.39, 0.29) is 0 Å². The molecule has 0 bridgehead atoms. The molecule has 0 unspecified atom stereocenters. The van der Waals surface area contributed by atoms with Crippen molar-refractivity contribution in [1.29, 1.82) is 0 Å². The average molecular weight is 253 g/mol. The van der Waals surface area contributed by atoms with Gasteiger partial charge in [0, 0.05) is 18.3 Å². The Kier molecular flexibility index (Phi) is 4.09. The van der Waals surface area contributed by atoms with E-state index in [1.807, 2.05) is 0 Å². The molecular weight excluding hydrogens is 237 g/mol. The van der Waals surface area contributed by atoms with Crippen LogP contribution in [-0.2, 0) is 0 Å². The van der Waals surface area contributed by atoms with E-state index in [1.165, 1.54) is 12.1 Å². The zero-order valence-corrected chi connectivity index (χ0v) is 9.99. The molecule has 5 nitrogen and oxygen atoms in total. The molecular formula is C12H16FN3O2. The second kappa shape index (κ2) is 5.77. The highest BCUT2D eigenvalue weighted by molar-refractivity contribution is 5.51. The van der Waals surface area contributed by atoms with Gasteiger partial charge in [-0.15, -0.1) is 0 Å². The number of hydrogen-bond acceptors (Lipinski definition) is 4. The summed E-state index contributed by atoms with van der Waals surface area (Å²) in [6.07, 6.45) is 2.19. The Morgan fingerprint density at radius 1 is 1.44 bits per heavy atom. The molecule has 0 aliphatic carbocycles. The van der Waals surface area contributed by atoms with Crippen molar-refractivity contribution in [3.8, 4) is 0 Å². The normalized spacial score (nSPS) is 16.5. The molecule has 0 radical (unpaired) electrons. The zero-order valence-electron chi connectivity index (χ0n) is 9.99. The molecule has 1 fully saturated rings. The van der Waals surface area contributed by atoms with Crippen LogP contribution in [0.4, 0.5) is 15.8 Å². The quantitative estimate of drug-likeness (QED) is 0.637. The van der Waals surface area contributed by atoms with E-state index in [4.69, 9.17) is 0 Å². The van der Waals surface area contributed by atoms with E-state index in [2.05, 4.69) is 10.6 Å². The second-order valence-corrected chi connectivity index (χ2v) is 4.50. The Balaban J connectivity index is 1.96. The molecule has 0 saturated carbocycles. The number of hydrogen-bond donors (Lipinski definition) is 2. The molecule has 6 heteroatoms. The summed E-state index contributed by atoms with van der Waals surface area (Å²) in [4.78, 5) is 9.91. The van der Waals surface area contributed by atoms with Crippen LogP contribution in [0.1, 0.15) is 12.8 Å². The van der Waals surface area contributed by atoms with Gasteiger partial charge in [-0.2, -0.15) is 4.39 Å². The topological polar surface area (TPSA) is 67.2 Å². The number of nitro benzene ring substituents is 1. The van der Waals surface area contributed by atoms with Crippen molar-refractivity contribution in [3.63, 3.8) is 0 Å². The molecule has 1 saturated heterocycles. The van der Waals surface area contributed by atoms with Crippen molar-refractivity contribution in [3.05, 3.63) is 34.1 Å².